The third kappa shape index (κ3) is 3.54. The van der Waals surface area contributed by atoms with Crippen molar-refractivity contribution < 1.29 is 18.0 Å². The monoisotopic (exact) mass is 458 g/mol. The summed E-state index contributed by atoms with van der Waals surface area (Å²) >= 11 is 1.42. The quantitative estimate of drug-likeness (QED) is 0.475. The fraction of sp³-hybridized carbons (Fsp3) is 0.348. The van der Waals surface area contributed by atoms with Gasteiger partial charge in [-0.2, -0.15) is 13.2 Å². The molecule has 0 spiro atoms. The second kappa shape index (κ2) is 7.58. The van der Waals surface area contributed by atoms with Crippen molar-refractivity contribution in [3.63, 3.8) is 0 Å². The maximum Gasteiger partial charge on any atom is 0.416 e. The summed E-state index contributed by atoms with van der Waals surface area (Å²) in [6.07, 6.45) is -1.59. The Morgan fingerprint density at radius 2 is 1.97 bits per heavy atom. The number of halogens is 3. The molecule has 0 radical (unpaired) electrons. The number of fused-ring (bicyclic) bond motifs is 3. The molecule has 1 saturated carbocycles. The second-order valence-corrected chi connectivity index (χ2v) is 9.46. The van der Waals surface area contributed by atoms with E-state index in [4.69, 9.17) is 0 Å². The van der Waals surface area contributed by atoms with Gasteiger partial charge in [0.2, 0.25) is 0 Å². The molecule has 32 heavy (non-hydrogen) atoms. The Bertz CT molecular complexity index is 1190. The van der Waals surface area contributed by atoms with Crippen molar-refractivity contribution in [1.82, 2.24) is 9.97 Å². The summed E-state index contributed by atoms with van der Waals surface area (Å²) in [5.74, 6) is 0.718. The Labute approximate surface area is 187 Å². The van der Waals surface area contributed by atoms with E-state index in [9.17, 15) is 18.0 Å². The zero-order valence-electron chi connectivity index (χ0n) is 17.5. The first kappa shape index (κ1) is 20.9. The number of hydrogen-bond donors (Lipinski definition) is 1. The highest BCUT2D eigenvalue weighted by atomic mass is 32.1. The van der Waals surface area contributed by atoms with Crippen LogP contribution in [0.1, 0.15) is 46.9 Å². The van der Waals surface area contributed by atoms with Crippen LogP contribution >= 0.6 is 11.3 Å². The lowest BCUT2D eigenvalue weighted by Gasteiger charge is -2.24. The first-order valence-corrected chi connectivity index (χ1v) is 11.3. The van der Waals surface area contributed by atoms with Gasteiger partial charge in [0, 0.05) is 28.0 Å². The van der Waals surface area contributed by atoms with Crippen LogP contribution in [0.25, 0.3) is 11.3 Å². The molecule has 2 atom stereocenters. The molecule has 1 aliphatic heterocycles. The number of anilines is 2. The van der Waals surface area contributed by atoms with Gasteiger partial charge in [0.1, 0.15) is 5.82 Å². The topological polar surface area (TPSA) is 58.1 Å². The first-order chi connectivity index (χ1) is 15.2. The van der Waals surface area contributed by atoms with Crippen LogP contribution in [0.5, 0.6) is 0 Å². The van der Waals surface area contributed by atoms with Crippen molar-refractivity contribution >= 4 is 28.3 Å². The van der Waals surface area contributed by atoms with E-state index in [0.29, 0.717) is 22.2 Å². The zero-order valence-corrected chi connectivity index (χ0v) is 18.3. The Balaban J connectivity index is 1.52. The van der Waals surface area contributed by atoms with Gasteiger partial charge in [-0.1, -0.05) is 24.6 Å². The van der Waals surface area contributed by atoms with Gasteiger partial charge in [-0.05, 0) is 44.9 Å². The van der Waals surface area contributed by atoms with E-state index < -0.39 is 11.7 Å². The molecular formula is C23H21F3N4OS. The molecule has 3 heterocycles. The highest BCUT2D eigenvalue weighted by Gasteiger charge is 2.45. The number of carbonyl (C=O) groups excluding carboxylic acids is 1. The smallest absolute Gasteiger partial charge is 0.283 e. The minimum atomic E-state index is -4.43. The van der Waals surface area contributed by atoms with Crippen molar-refractivity contribution in [1.29, 1.82) is 0 Å². The van der Waals surface area contributed by atoms with E-state index in [-0.39, 0.29) is 18.0 Å². The third-order valence-electron chi connectivity index (χ3n) is 6.29. The van der Waals surface area contributed by atoms with Gasteiger partial charge in [-0.15, -0.1) is 11.3 Å². The largest absolute Gasteiger partial charge is 0.416 e. The first-order valence-electron chi connectivity index (χ1n) is 10.4. The minimum Gasteiger partial charge on any atom is -0.283 e. The molecule has 3 aromatic rings. The molecule has 1 aliphatic carbocycles. The standard InChI is InChI=1S/C23H21F3N4OS/c1-12-13(2)32-21(27-12)29-22(31)30-19-8-4-7-16(19)17-9-10-18(28-20(17)30)14-5-3-6-15(11-14)23(24,25)26/h3,5-6,9-11,16,19H,4,7-8H2,1-2H3,(H,27,29,31). The molecule has 2 unspecified atom stereocenters. The number of thiazole rings is 1. The lowest BCUT2D eigenvalue weighted by atomic mass is 9.98. The van der Waals surface area contributed by atoms with Crippen LogP contribution < -0.4 is 10.2 Å². The summed E-state index contributed by atoms with van der Waals surface area (Å²) in [5, 5.41) is 3.42. The Morgan fingerprint density at radius 1 is 1.16 bits per heavy atom. The normalized spacial score (nSPS) is 19.7. The molecule has 166 valence electrons. The number of pyridine rings is 1. The highest BCUT2D eigenvalue weighted by Crippen LogP contribution is 2.49. The number of hydrogen-bond acceptors (Lipinski definition) is 4. The van der Waals surface area contributed by atoms with Crippen molar-refractivity contribution in [3.05, 3.63) is 58.1 Å². The number of alkyl halides is 3. The lowest BCUT2D eigenvalue weighted by molar-refractivity contribution is -0.137. The summed E-state index contributed by atoms with van der Waals surface area (Å²) in [5.41, 5.74) is 1.90. The van der Waals surface area contributed by atoms with Crippen molar-refractivity contribution in [3.8, 4) is 11.3 Å². The number of amides is 2. The molecule has 0 saturated heterocycles. The molecular weight excluding hydrogens is 437 g/mol. The van der Waals surface area contributed by atoms with Gasteiger partial charge in [0.25, 0.3) is 0 Å². The Kier molecular flexibility index (Phi) is 4.96. The third-order valence-corrected chi connectivity index (χ3v) is 7.28. The van der Waals surface area contributed by atoms with Gasteiger partial charge >= 0.3 is 12.2 Å². The van der Waals surface area contributed by atoms with Gasteiger partial charge in [0.15, 0.2) is 5.13 Å². The predicted octanol–water partition coefficient (Wildman–Crippen LogP) is 6.53. The molecule has 1 aromatic carbocycles. The molecule has 1 N–H and O–H groups in total. The number of aryl methyl sites for hydroxylation is 2. The van der Waals surface area contributed by atoms with Crippen LogP contribution in [0.2, 0.25) is 0 Å². The van der Waals surface area contributed by atoms with Gasteiger partial charge in [-0.3, -0.25) is 10.2 Å². The second-order valence-electron chi connectivity index (χ2n) is 8.25. The van der Waals surface area contributed by atoms with Gasteiger partial charge in [-0.25, -0.2) is 14.8 Å². The number of carbonyl (C=O) groups is 1. The summed E-state index contributed by atoms with van der Waals surface area (Å²) in [6, 6.07) is 8.46. The molecule has 1 fully saturated rings. The zero-order chi connectivity index (χ0) is 22.6. The van der Waals surface area contributed by atoms with E-state index in [1.54, 1.807) is 17.0 Å². The van der Waals surface area contributed by atoms with E-state index in [2.05, 4.69) is 15.3 Å². The predicted molar refractivity (Wildman–Crippen MR) is 118 cm³/mol. The summed E-state index contributed by atoms with van der Waals surface area (Å²) in [7, 11) is 0. The van der Waals surface area contributed by atoms with E-state index >= 15 is 0 Å². The van der Waals surface area contributed by atoms with E-state index in [1.807, 2.05) is 19.9 Å². The molecule has 0 bridgehead atoms. The highest BCUT2D eigenvalue weighted by molar-refractivity contribution is 7.15. The summed E-state index contributed by atoms with van der Waals surface area (Å²) in [4.78, 5) is 25.0. The number of nitrogens with zero attached hydrogens (tertiary/aromatic N) is 3. The molecule has 2 amide bonds. The Morgan fingerprint density at radius 3 is 2.69 bits per heavy atom. The van der Waals surface area contributed by atoms with Gasteiger partial charge in [0.05, 0.1) is 17.0 Å². The van der Waals surface area contributed by atoms with Crippen LogP contribution in [0.15, 0.2) is 36.4 Å². The van der Waals surface area contributed by atoms with Crippen molar-refractivity contribution in [2.45, 2.75) is 51.2 Å². The average molecular weight is 459 g/mol. The van der Waals surface area contributed by atoms with Crippen LogP contribution in [-0.2, 0) is 6.18 Å². The summed E-state index contributed by atoms with van der Waals surface area (Å²) in [6.45, 7) is 3.84. The summed E-state index contributed by atoms with van der Waals surface area (Å²) < 4.78 is 39.5. The van der Waals surface area contributed by atoms with Crippen LogP contribution in [0.4, 0.5) is 28.9 Å². The van der Waals surface area contributed by atoms with Crippen LogP contribution in [0.3, 0.4) is 0 Å². The molecule has 5 rings (SSSR count). The average Bonchev–Trinajstić information content (AvgIpc) is 3.41. The van der Waals surface area contributed by atoms with E-state index in [0.717, 1.165) is 47.5 Å². The number of benzene rings is 1. The van der Waals surface area contributed by atoms with Crippen LogP contribution in [0, 0.1) is 13.8 Å². The number of rotatable bonds is 2. The molecule has 9 heteroatoms. The van der Waals surface area contributed by atoms with Crippen molar-refractivity contribution in [2.24, 2.45) is 0 Å². The molecule has 5 nitrogen and oxygen atoms in total. The number of aromatic nitrogens is 2. The fourth-order valence-corrected chi connectivity index (χ4v) is 5.46. The SMILES string of the molecule is Cc1nc(NC(=O)N2c3nc(-c4cccc(C(F)(F)F)c4)ccc3C3CCCC32)sc1C. The van der Waals surface area contributed by atoms with Crippen LogP contribution in [-0.4, -0.2) is 22.0 Å². The maximum absolute atomic E-state index is 13.3. The van der Waals surface area contributed by atoms with Crippen molar-refractivity contribution in [2.75, 3.05) is 10.2 Å². The molecule has 2 aliphatic rings. The van der Waals surface area contributed by atoms with E-state index in [1.165, 1.54) is 17.4 Å². The lowest BCUT2D eigenvalue weighted by Crippen LogP contribution is -2.40. The minimum absolute atomic E-state index is 0.00332. The fourth-order valence-electron chi connectivity index (χ4n) is 4.65. The Hall–Kier alpha value is -2.94. The number of urea groups is 1. The number of nitrogens with one attached hydrogen (secondary N) is 1. The maximum atomic E-state index is 13.3. The van der Waals surface area contributed by atoms with Gasteiger partial charge < -0.3 is 0 Å². The molecule has 2 aromatic heterocycles.